The maximum atomic E-state index is 11.9. The van der Waals surface area contributed by atoms with Crippen LogP contribution in [0.4, 0.5) is 4.79 Å². The molecule has 1 atom stereocenters. The second kappa shape index (κ2) is 7.29. The minimum atomic E-state index is -0.345. The molecule has 0 saturated heterocycles. The number of carbonyl (C=O) groups excluding carboxylic acids is 1. The summed E-state index contributed by atoms with van der Waals surface area (Å²) in [5, 5.41) is 15.3. The van der Waals surface area contributed by atoms with Crippen molar-refractivity contribution < 1.29 is 9.90 Å². The van der Waals surface area contributed by atoms with Crippen LogP contribution in [0.25, 0.3) is 0 Å². The van der Waals surface area contributed by atoms with E-state index < -0.39 is 0 Å². The number of hydrogen-bond donors (Lipinski definition) is 3. The summed E-state index contributed by atoms with van der Waals surface area (Å²) in [6, 6.07) is 7.77. The Morgan fingerprint density at radius 3 is 2.50 bits per heavy atom. The van der Waals surface area contributed by atoms with Crippen molar-refractivity contribution in [2.45, 2.75) is 51.1 Å². The van der Waals surface area contributed by atoms with E-state index in [0.717, 1.165) is 24.8 Å². The normalized spacial score (nSPS) is 16.9. The van der Waals surface area contributed by atoms with Gasteiger partial charge >= 0.3 is 6.03 Å². The molecule has 1 aliphatic carbocycles. The molecule has 1 aromatic rings. The summed E-state index contributed by atoms with van der Waals surface area (Å²) in [5.41, 5.74) is 2.19. The number of benzene rings is 1. The first-order valence-electron chi connectivity index (χ1n) is 7.49. The molecule has 0 aromatic heterocycles. The first kappa shape index (κ1) is 14.9. The Balaban J connectivity index is 1.91. The smallest absolute Gasteiger partial charge is 0.315 e. The first-order chi connectivity index (χ1) is 9.72. The lowest BCUT2D eigenvalue weighted by Crippen LogP contribution is -2.43. The van der Waals surface area contributed by atoms with Crippen molar-refractivity contribution in [1.82, 2.24) is 10.6 Å². The largest absolute Gasteiger partial charge is 0.394 e. The number of aryl methyl sites for hydroxylation is 1. The highest BCUT2D eigenvalue weighted by Gasteiger charge is 2.19. The van der Waals surface area contributed by atoms with Gasteiger partial charge in [0.1, 0.15) is 0 Å². The van der Waals surface area contributed by atoms with Crippen LogP contribution in [0.1, 0.15) is 49.8 Å². The number of nitrogens with one attached hydrogen (secondary N) is 2. The average Bonchev–Trinajstić information content (AvgIpc) is 2.97. The Kier molecular flexibility index (Phi) is 5.41. The molecular formula is C16H24N2O2. The molecule has 0 bridgehead atoms. The van der Waals surface area contributed by atoms with Gasteiger partial charge in [-0.05, 0) is 30.4 Å². The molecule has 3 N–H and O–H groups in total. The summed E-state index contributed by atoms with van der Waals surface area (Å²) < 4.78 is 0. The fourth-order valence-corrected chi connectivity index (χ4v) is 2.68. The zero-order valence-corrected chi connectivity index (χ0v) is 12.1. The third kappa shape index (κ3) is 3.97. The standard InChI is InChI=1S/C16H24N2O2/c1-2-12-7-9-13(10-8-12)15(11-19)18-16(20)17-14-5-3-4-6-14/h7-10,14-15,19H,2-6,11H2,1H3,(H2,17,18,20). The summed E-state index contributed by atoms with van der Waals surface area (Å²) >= 11 is 0. The molecule has 0 heterocycles. The number of amides is 2. The van der Waals surface area contributed by atoms with Gasteiger partial charge in [0.15, 0.2) is 0 Å². The number of hydrogen-bond acceptors (Lipinski definition) is 2. The zero-order valence-electron chi connectivity index (χ0n) is 12.1. The second-order valence-electron chi connectivity index (χ2n) is 5.43. The lowest BCUT2D eigenvalue weighted by Gasteiger charge is -2.19. The maximum Gasteiger partial charge on any atom is 0.315 e. The van der Waals surface area contributed by atoms with Crippen LogP contribution in [0.5, 0.6) is 0 Å². The van der Waals surface area contributed by atoms with E-state index in [9.17, 15) is 9.90 Å². The van der Waals surface area contributed by atoms with Crippen LogP contribution in [-0.2, 0) is 6.42 Å². The summed E-state index contributed by atoms with van der Waals surface area (Å²) in [5.74, 6) is 0. The highest BCUT2D eigenvalue weighted by Crippen LogP contribution is 2.18. The maximum absolute atomic E-state index is 11.9. The van der Waals surface area contributed by atoms with Crippen LogP contribution in [0.3, 0.4) is 0 Å². The molecule has 4 heteroatoms. The van der Waals surface area contributed by atoms with Crippen molar-refractivity contribution in [2.24, 2.45) is 0 Å². The molecule has 0 spiro atoms. The van der Waals surface area contributed by atoms with Gasteiger partial charge in [0.25, 0.3) is 0 Å². The van der Waals surface area contributed by atoms with Crippen LogP contribution >= 0.6 is 0 Å². The Bertz CT molecular complexity index is 425. The fourth-order valence-electron chi connectivity index (χ4n) is 2.68. The lowest BCUT2D eigenvalue weighted by atomic mass is 10.0. The highest BCUT2D eigenvalue weighted by molar-refractivity contribution is 5.74. The summed E-state index contributed by atoms with van der Waals surface area (Å²) in [6.07, 6.45) is 5.48. The lowest BCUT2D eigenvalue weighted by molar-refractivity contribution is 0.214. The van der Waals surface area contributed by atoms with Gasteiger partial charge in [0, 0.05) is 6.04 Å². The van der Waals surface area contributed by atoms with Gasteiger partial charge in [-0.25, -0.2) is 4.79 Å². The molecule has 1 saturated carbocycles. The van der Waals surface area contributed by atoms with Crippen LogP contribution in [0.2, 0.25) is 0 Å². The molecule has 1 aliphatic rings. The Hall–Kier alpha value is -1.55. The van der Waals surface area contributed by atoms with Gasteiger partial charge in [-0.15, -0.1) is 0 Å². The summed E-state index contributed by atoms with van der Waals surface area (Å²) in [6.45, 7) is 2.01. The molecule has 0 radical (unpaired) electrons. The quantitative estimate of drug-likeness (QED) is 0.774. The Morgan fingerprint density at radius 2 is 1.95 bits per heavy atom. The van der Waals surface area contributed by atoms with Crippen molar-refractivity contribution in [3.63, 3.8) is 0 Å². The molecule has 110 valence electrons. The van der Waals surface area contributed by atoms with Crippen LogP contribution in [0, 0.1) is 0 Å². The van der Waals surface area contributed by atoms with Gasteiger partial charge < -0.3 is 15.7 Å². The molecule has 2 amide bonds. The van der Waals surface area contributed by atoms with Crippen molar-refractivity contribution in [2.75, 3.05) is 6.61 Å². The van der Waals surface area contributed by atoms with E-state index in [1.54, 1.807) is 0 Å². The molecular weight excluding hydrogens is 252 g/mol. The molecule has 1 unspecified atom stereocenters. The van der Waals surface area contributed by atoms with Crippen LogP contribution in [-0.4, -0.2) is 23.8 Å². The SMILES string of the molecule is CCc1ccc(C(CO)NC(=O)NC2CCCC2)cc1. The number of carbonyl (C=O) groups is 1. The number of aliphatic hydroxyl groups excluding tert-OH is 1. The van der Waals surface area contributed by atoms with E-state index >= 15 is 0 Å². The highest BCUT2D eigenvalue weighted by atomic mass is 16.3. The monoisotopic (exact) mass is 276 g/mol. The first-order valence-corrected chi connectivity index (χ1v) is 7.49. The number of rotatable bonds is 5. The van der Waals surface area contributed by atoms with Gasteiger partial charge in [-0.2, -0.15) is 0 Å². The van der Waals surface area contributed by atoms with Crippen LogP contribution in [0.15, 0.2) is 24.3 Å². The molecule has 1 fully saturated rings. The zero-order chi connectivity index (χ0) is 14.4. The fraction of sp³-hybridized carbons (Fsp3) is 0.562. The Morgan fingerprint density at radius 1 is 1.30 bits per heavy atom. The van der Waals surface area contributed by atoms with Crippen molar-refractivity contribution >= 4 is 6.03 Å². The number of aliphatic hydroxyl groups is 1. The van der Waals surface area contributed by atoms with Gasteiger partial charge in [-0.1, -0.05) is 44.0 Å². The second-order valence-corrected chi connectivity index (χ2v) is 5.43. The van der Waals surface area contributed by atoms with E-state index in [4.69, 9.17) is 0 Å². The van der Waals surface area contributed by atoms with Crippen molar-refractivity contribution in [3.8, 4) is 0 Å². The van der Waals surface area contributed by atoms with E-state index in [-0.39, 0.29) is 24.7 Å². The minimum absolute atomic E-state index is 0.0937. The van der Waals surface area contributed by atoms with E-state index in [2.05, 4.69) is 17.6 Å². The molecule has 1 aromatic carbocycles. The summed E-state index contributed by atoms with van der Waals surface area (Å²) in [7, 11) is 0. The van der Waals surface area contributed by atoms with Crippen LogP contribution < -0.4 is 10.6 Å². The molecule has 2 rings (SSSR count). The van der Waals surface area contributed by atoms with Gasteiger partial charge in [0.05, 0.1) is 12.6 Å². The van der Waals surface area contributed by atoms with E-state index in [1.807, 2.05) is 24.3 Å². The predicted octanol–water partition coefficient (Wildman–Crippen LogP) is 2.52. The molecule has 4 nitrogen and oxygen atoms in total. The van der Waals surface area contributed by atoms with E-state index in [0.29, 0.717) is 0 Å². The Labute approximate surface area is 120 Å². The average molecular weight is 276 g/mol. The minimum Gasteiger partial charge on any atom is -0.394 e. The van der Waals surface area contributed by atoms with Gasteiger partial charge in [0.2, 0.25) is 0 Å². The van der Waals surface area contributed by atoms with Gasteiger partial charge in [-0.3, -0.25) is 0 Å². The third-order valence-electron chi connectivity index (χ3n) is 3.97. The number of urea groups is 1. The van der Waals surface area contributed by atoms with Crippen molar-refractivity contribution in [3.05, 3.63) is 35.4 Å². The molecule has 20 heavy (non-hydrogen) atoms. The van der Waals surface area contributed by atoms with E-state index in [1.165, 1.54) is 18.4 Å². The topological polar surface area (TPSA) is 61.4 Å². The molecule has 0 aliphatic heterocycles. The van der Waals surface area contributed by atoms with Crippen molar-refractivity contribution in [1.29, 1.82) is 0 Å². The predicted molar refractivity (Wildman–Crippen MR) is 79.6 cm³/mol. The third-order valence-corrected chi connectivity index (χ3v) is 3.97. The summed E-state index contributed by atoms with van der Waals surface area (Å²) in [4.78, 5) is 11.9.